The standard InChI is InChI=1S/C20H30N4O5/c1-4-12(2)17(20(28)29)24-19(27)15(10-14-8-6-5-7-9-14)23-16(25)11-22-18(26)13(3)21/h5-9,12-13,15,17H,4,10-11,21H2,1-3H3,(H,22,26)(H,23,25)(H,24,27)(H,28,29). The number of nitrogens with one attached hydrogen (secondary N) is 3. The predicted octanol–water partition coefficient (Wildman–Crippen LogP) is -0.207. The smallest absolute Gasteiger partial charge is 0.326 e. The van der Waals surface area contributed by atoms with E-state index in [0.717, 1.165) is 5.56 Å². The van der Waals surface area contributed by atoms with Crippen LogP contribution in [0.4, 0.5) is 0 Å². The zero-order valence-electron chi connectivity index (χ0n) is 17.0. The van der Waals surface area contributed by atoms with Crippen LogP contribution in [0, 0.1) is 5.92 Å². The van der Waals surface area contributed by atoms with E-state index in [4.69, 9.17) is 5.73 Å². The van der Waals surface area contributed by atoms with E-state index in [1.165, 1.54) is 6.92 Å². The van der Waals surface area contributed by atoms with E-state index in [1.807, 2.05) is 13.0 Å². The fourth-order valence-electron chi connectivity index (χ4n) is 2.57. The normalized spacial score (nSPS) is 14.8. The fourth-order valence-corrected chi connectivity index (χ4v) is 2.57. The molecule has 0 heterocycles. The van der Waals surface area contributed by atoms with Gasteiger partial charge in [-0.15, -0.1) is 0 Å². The number of carboxylic acid groups (broad SMARTS) is 1. The molecule has 0 bridgehead atoms. The van der Waals surface area contributed by atoms with Gasteiger partial charge in [0.2, 0.25) is 17.7 Å². The van der Waals surface area contributed by atoms with E-state index in [-0.39, 0.29) is 18.9 Å². The Morgan fingerprint density at radius 1 is 1.03 bits per heavy atom. The summed E-state index contributed by atoms with van der Waals surface area (Å²) >= 11 is 0. The molecule has 0 aliphatic carbocycles. The van der Waals surface area contributed by atoms with Crippen LogP contribution in [0.3, 0.4) is 0 Å². The molecular weight excluding hydrogens is 376 g/mol. The molecule has 0 radical (unpaired) electrons. The molecule has 29 heavy (non-hydrogen) atoms. The average molecular weight is 406 g/mol. The second-order valence-electron chi connectivity index (χ2n) is 7.03. The Hall–Kier alpha value is -2.94. The van der Waals surface area contributed by atoms with Crippen molar-refractivity contribution >= 4 is 23.7 Å². The molecular formula is C20H30N4O5. The minimum Gasteiger partial charge on any atom is -0.480 e. The summed E-state index contributed by atoms with van der Waals surface area (Å²) in [5.74, 6) is -3.10. The Bertz CT molecular complexity index is 708. The summed E-state index contributed by atoms with van der Waals surface area (Å²) in [6.45, 7) is 4.71. The van der Waals surface area contributed by atoms with E-state index in [0.29, 0.717) is 6.42 Å². The molecule has 4 atom stereocenters. The van der Waals surface area contributed by atoms with Gasteiger partial charge in [0, 0.05) is 6.42 Å². The monoisotopic (exact) mass is 406 g/mol. The van der Waals surface area contributed by atoms with E-state index in [1.54, 1.807) is 31.2 Å². The SMILES string of the molecule is CCC(C)C(NC(=O)C(Cc1ccccc1)NC(=O)CNC(=O)C(C)N)C(=O)O. The summed E-state index contributed by atoms with van der Waals surface area (Å²) in [5.41, 5.74) is 6.23. The van der Waals surface area contributed by atoms with Crippen molar-refractivity contribution in [1.82, 2.24) is 16.0 Å². The molecule has 160 valence electrons. The van der Waals surface area contributed by atoms with E-state index in [2.05, 4.69) is 16.0 Å². The number of amides is 3. The van der Waals surface area contributed by atoms with Crippen molar-refractivity contribution in [2.75, 3.05) is 6.54 Å². The van der Waals surface area contributed by atoms with Crippen LogP contribution in [0.5, 0.6) is 0 Å². The number of aliphatic carboxylic acids is 1. The van der Waals surface area contributed by atoms with Gasteiger partial charge in [-0.25, -0.2) is 4.79 Å². The van der Waals surface area contributed by atoms with Gasteiger partial charge in [-0.2, -0.15) is 0 Å². The van der Waals surface area contributed by atoms with Gasteiger partial charge in [0.1, 0.15) is 12.1 Å². The summed E-state index contributed by atoms with van der Waals surface area (Å²) < 4.78 is 0. The number of benzene rings is 1. The molecule has 0 saturated heterocycles. The fraction of sp³-hybridized carbons (Fsp3) is 0.500. The van der Waals surface area contributed by atoms with Crippen LogP contribution in [0.25, 0.3) is 0 Å². The number of carbonyl (C=O) groups is 4. The van der Waals surface area contributed by atoms with Gasteiger partial charge in [0.05, 0.1) is 12.6 Å². The third kappa shape index (κ3) is 8.30. The molecule has 0 aliphatic heterocycles. The minimum absolute atomic E-state index is 0.173. The molecule has 0 aliphatic rings. The first-order chi connectivity index (χ1) is 13.6. The number of carbonyl (C=O) groups excluding carboxylic acids is 3. The third-order valence-corrected chi connectivity index (χ3v) is 4.55. The van der Waals surface area contributed by atoms with Gasteiger partial charge in [0.25, 0.3) is 0 Å². The molecule has 3 amide bonds. The van der Waals surface area contributed by atoms with E-state index in [9.17, 15) is 24.3 Å². The highest BCUT2D eigenvalue weighted by atomic mass is 16.4. The molecule has 6 N–H and O–H groups in total. The predicted molar refractivity (Wildman–Crippen MR) is 108 cm³/mol. The topological polar surface area (TPSA) is 151 Å². The average Bonchev–Trinajstić information content (AvgIpc) is 2.69. The van der Waals surface area contributed by atoms with Gasteiger partial charge < -0.3 is 26.8 Å². The van der Waals surface area contributed by atoms with Crippen molar-refractivity contribution < 1.29 is 24.3 Å². The Morgan fingerprint density at radius 3 is 2.17 bits per heavy atom. The second-order valence-corrected chi connectivity index (χ2v) is 7.03. The maximum Gasteiger partial charge on any atom is 0.326 e. The molecule has 0 fully saturated rings. The van der Waals surface area contributed by atoms with Crippen LogP contribution < -0.4 is 21.7 Å². The summed E-state index contributed by atoms with van der Waals surface area (Å²) in [4.78, 5) is 48.0. The molecule has 9 heteroatoms. The number of carboxylic acids is 1. The Balaban J connectivity index is 2.89. The summed E-state index contributed by atoms with van der Waals surface area (Å²) in [5, 5.41) is 16.9. The number of nitrogens with two attached hydrogens (primary N) is 1. The van der Waals surface area contributed by atoms with Crippen LogP contribution in [-0.4, -0.2) is 53.5 Å². The lowest BCUT2D eigenvalue weighted by Gasteiger charge is -2.24. The van der Waals surface area contributed by atoms with Crippen molar-refractivity contribution in [1.29, 1.82) is 0 Å². The van der Waals surface area contributed by atoms with Crippen molar-refractivity contribution in [2.24, 2.45) is 11.7 Å². The van der Waals surface area contributed by atoms with Crippen molar-refractivity contribution in [3.8, 4) is 0 Å². The molecule has 1 aromatic carbocycles. The van der Waals surface area contributed by atoms with Gasteiger partial charge >= 0.3 is 5.97 Å². The molecule has 1 rings (SSSR count). The summed E-state index contributed by atoms with van der Waals surface area (Å²) in [6, 6.07) is 6.19. The van der Waals surface area contributed by atoms with Crippen LogP contribution in [0.1, 0.15) is 32.8 Å². The Labute approximate surface area is 170 Å². The zero-order chi connectivity index (χ0) is 22.0. The van der Waals surface area contributed by atoms with Crippen LogP contribution in [0.2, 0.25) is 0 Å². The first-order valence-electron chi connectivity index (χ1n) is 9.55. The molecule has 9 nitrogen and oxygen atoms in total. The first-order valence-corrected chi connectivity index (χ1v) is 9.55. The zero-order valence-corrected chi connectivity index (χ0v) is 17.0. The van der Waals surface area contributed by atoms with Crippen LogP contribution in [-0.2, 0) is 25.6 Å². The van der Waals surface area contributed by atoms with Gasteiger partial charge in [-0.1, -0.05) is 50.6 Å². The molecule has 1 aromatic rings. The highest BCUT2D eigenvalue weighted by Crippen LogP contribution is 2.10. The minimum atomic E-state index is -1.14. The third-order valence-electron chi connectivity index (χ3n) is 4.55. The lowest BCUT2D eigenvalue weighted by Crippen LogP contribution is -2.55. The highest BCUT2D eigenvalue weighted by Gasteiger charge is 2.29. The maximum absolute atomic E-state index is 12.8. The second kappa shape index (κ2) is 11.8. The van der Waals surface area contributed by atoms with E-state index >= 15 is 0 Å². The lowest BCUT2D eigenvalue weighted by molar-refractivity contribution is -0.143. The first kappa shape index (κ1) is 24.1. The molecule has 0 aromatic heterocycles. The quantitative estimate of drug-likeness (QED) is 0.343. The summed E-state index contributed by atoms with van der Waals surface area (Å²) in [6.07, 6.45) is 0.739. The molecule has 4 unspecified atom stereocenters. The largest absolute Gasteiger partial charge is 0.480 e. The Morgan fingerprint density at radius 2 is 1.66 bits per heavy atom. The van der Waals surface area contributed by atoms with Gasteiger partial charge in [-0.3, -0.25) is 14.4 Å². The lowest BCUT2D eigenvalue weighted by atomic mass is 9.98. The molecule has 0 spiro atoms. The maximum atomic E-state index is 12.8. The number of rotatable bonds is 11. The van der Waals surface area contributed by atoms with Gasteiger partial charge in [0.15, 0.2) is 0 Å². The molecule has 0 saturated carbocycles. The number of hydrogen-bond donors (Lipinski definition) is 5. The number of hydrogen-bond acceptors (Lipinski definition) is 5. The van der Waals surface area contributed by atoms with E-state index < -0.39 is 41.8 Å². The Kier molecular flexibility index (Phi) is 9.81. The van der Waals surface area contributed by atoms with Crippen LogP contribution in [0.15, 0.2) is 30.3 Å². The van der Waals surface area contributed by atoms with Crippen molar-refractivity contribution in [3.63, 3.8) is 0 Å². The van der Waals surface area contributed by atoms with Gasteiger partial charge in [-0.05, 0) is 18.4 Å². The van der Waals surface area contributed by atoms with Crippen molar-refractivity contribution in [2.45, 2.75) is 51.7 Å². The van der Waals surface area contributed by atoms with Crippen molar-refractivity contribution in [3.05, 3.63) is 35.9 Å². The highest BCUT2D eigenvalue weighted by molar-refractivity contribution is 5.92. The van der Waals surface area contributed by atoms with Crippen LogP contribution >= 0.6 is 0 Å². The summed E-state index contributed by atoms with van der Waals surface area (Å²) in [7, 11) is 0.